The molecule has 0 heterocycles. The van der Waals surface area contributed by atoms with Crippen LogP contribution in [0.15, 0.2) is 12.1 Å². The first-order valence-electron chi connectivity index (χ1n) is 5.69. The molecular weight excluding hydrogens is 224 g/mol. The van der Waals surface area contributed by atoms with Gasteiger partial charge in [0.1, 0.15) is 11.9 Å². The molecule has 0 saturated heterocycles. The van der Waals surface area contributed by atoms with Gasteiger partial charge in [0.15, 0.2) is 0 Å². The molecule has 1 fully saturated rings. The van der Waals surface area contributed by atoms with Gasteiger partial charge in [0.2, 0.25) is 0 Å². The molecule has 0 aliphatic heterocycles. The van der Waals surface area contributed by atoms with Crippen molar-refractivity contribution >= 4 is 11.6 Å². The number of ether oxygens (including phenoxy) is 1. The van der Waals surface area contributed by atoms with E-state index in [1.165, 1.54) is 0 Å². The summed E-state index contributed by atoms with van der Waals surface area (Å²) in [6, 6.07) is 3.86. The second kappa shape index (κ2) is 4.64. The third-order valence-corrected chi connectivity index (χ3v) is 3.71. The third kappa shape index (κ3) is 2.33. The maximum absolute atomic E-state index is 9.69. The molecule has 0 radical (unpaired) electrons. The van der Waals surface area contributed by atoms with E-state index in [4.69, 9.17) is 16.3 Å². The minimum absolute atomic E-state index is 0.0556. The van der Waals surface area contributed by atoms with Crippen molar-refractivity contribution in [1.82, 2.24) is 0 Å². The van der Waals surface area contributed by atoms with Crippen LogP contribution in [0, 0.1) is 13.8 Å². The highest BCUT2D eigenvalue weighted by molar-refractivity contribution is 6.32. The summed E-state index contributed by atoms with van der Waals surface area (Å²) in [5.74, 6) is 0.811. The lowest BCUT2D eigenvalue weighted by molar-refractivity contribution is 0.0603. The minimum atomic E-state index is -0.323. The number of aliphatic hydroxyl groups excluding tert-OH is 1. The second-order valence-electron chi connectivity index (χ2n) is 4.53. The van der Waals surface area contributed by atoms with Crippen LogP contribution in [-0.2, 0) is 0 Å². The van der Waals surface area contributed by atoms with E-state index in [0.29, 0.717) is 0 Å². The number of hydrogen-bond acceptors (Lipinski definition) is 2. The molecule has 1 N–H and O–H groups in total. The van der Waals surface area contributed by atoms with Gasteiger partial charge in [0, 0.05) is 5.02 Å². The summed E-state index contributed by atoms with van der Waals surface area (Å²) in [5, 5.41) is 10.5. The van der Waals surface area contributed by atoms with Gasteiger partial charge in [0.25, 0.3) is 0 Å². The van der Waals surface area contributed by atoms with E-state index in [9.17, 15) is 5.11 Å². The number of hydrogen-bond donors (Lipinski definition) is 1. The predicted octanol–water partition coefficient (Wildman–Crippen LogP) is 3.25. The SMILES string of the molecule is Cc1cc(O[C@H]2CCC[C@@H]2O)cc(C)c1Cl. The second-order valence-corrected chi connectivity index (χ2v) is 4.90. The van der Waals surface area contributed by atoms with E-state index >= 15 is 0 Å². The van der Waals surface area contributed by atoms with Gasteiger partial charge in [-0.2, -0.15) is 0 Å². The van der Waals surface area contributed by atoms with Crippen LogP contribution in [0.4, 0.5) is 0 Å². The zero-order valence-corrected chi connectivity index (χ0v) is 10.4. The van der Waals surface area contributed by atoms with E-state index in [-0.39, 0.29) is 12.2 Å². The molecule has 1 aromatic rings. The van der Waals surface area contributed by atoms with Crippen molar-refractivity contribution < 1.29 is 9.84 Å². The van der Waals surface area contributed by atoms with Gasteiger partial charge >= 0.3 is 0 Å². The lowest BCUT2D eigenvalue weighted by atomic mass is 10.1. The average Bonchev–Trinajstić information content (AvgIpc) is 2.61. The molecule has 0 unspecified atom stereocenters. The molecule has 2 atom stereocenters. The molecule has 88 valence electrons. The summed E-state index contributed by atoms with van der Waals surface area (Å²) in [6.45, 7) is 3.93. The highest BCUT2D eigenvalue weighted by Gasteiger charge is 2.27. The van der Waals surface area contributed by atoms with Crippen LogP contribution in [0.3, 0.4) is 0 Å². The van der Waals surface area contributed by atoms with Gasteiger partial charge in [-0.25, -0.2) is 0 Å². The normalized spacial score (nSPS) is 24.8. The maximum Gasteiger partial charge on any atom is 0.124 e. The average molecular weight is 241 g/mol. The maximum atomic E-state index is 9.69. The molecule has 1 aromatic carbocycles. The van der Waals surface area contributed by atoms with E-state index < -0.39 is 0 Å². The van der Waals surface area contributed by atoms with Crippen LogP contribution in [0.1, 0.15) is 30.4 Å². The first-order valence-corrected chi connectivity index (χ1v) is 6.07. The Hall–Kier alpha value is -0.730. The zero-order chi connectivity index (χ0) is 11.7. The van der Waals surface area contributed by atoms with Crippen LogP contribution in [0.2, 0.25) is 5.02 Å². The monoisotopic (exact) mass is 240 g/mol. The number of rotatable bonds is 2. The highest BCUT2D eigenvalue weighted by Crippen LogP contribution is 2.29. The van der Waals surface area contributed by atoms with Crippen molar-refractivity contribution in [3.8, 4) is 5.75 Å². The Morgan fingerprint density at radius 1 is 1.25 bits per heavy atom. The summed E-state index contributed by atoms with van der Waals surface area (Å²) in [4.78, 5) is 0. The molecule has 0 bridgehead atoms. The van der Waals surface area contributed by atoms with E-state index in [1.807, 2.05) is 26.0 Å². The van der Waals surface area contributed by atoms with Crippen molar-refractivity contribution in [3.63, 3.8) is 0 Å². The number of aryl methyl sites for hydroxylation is 2. The fraction of sp³-hybridized carbons (Fsp3) is 0.538. The summed E-state index contributed by atoms with van der Waals surface area (Å²) < 4.78 is 5.80. The zero-order valence-electron chi connectivity index (χ0n) is 9.66. The Kier molecular flexibility index (Phi) is 3.41. The van der Waals surface area contributed by atoms with Crippen LogP contribution in [0.5, 0.6) is 5.75 Å². The van der Waals surface area contributed by atoms with E-state index in [1.54, 1.807) is 0 Å². The van der Waals surface area contributed by atoms with Gasteiger partial charge in [-0.1, -0.05) is 11.6 Å². The summed E-state index contributed by atoms with van der Waals surface area (Å²) in [5.41, 5.74) is 2.04. The Balaban J connectivity index is 2.15. The first kappa shape index (κ1) is 11.7. The van der Waals surface area contributed by atoms with E-state index in [0.717, 1.165) is 41.2 Å². The molecule has 1 saturated carbocycles. The van der Waals surface area contributed by atoms with Gasteiger partial charge in [0.05, 0.1) is 6.10 Å². The standard InChI is InChI=1S/C13H17ClO2/c1-8-6-10(7-9(2)13(8)14)16-12-5-3-4-11(12)15/h6-7,11-12,15H,3-5H2,1-2H3/t11-,12-/m0/s1. The molecule has 2 nitrogen and oxygen atoms in total. The smallest absolute Gasteiger partial charge is 0.124 e. The highest BCUT2D eigenvalue weighted by atomic mass is 35.5. The predicted molar refractivity (Wildman–Crippen MR) is 65.2 cm³/mol. The molecule has 3 heteroatoms. The number of aliphatic hydroxyl groups is 1. The molecule has 0 amide bonds. The van der Waals surface area contributed by atoms with Gasteiger partial charge in [-0.05, 0) is 56.4 Å². The van der Waals surface area contributed by atoms with E-state index in [2.05, 4.69) is 0 Å². The fourth-order valence-electron chi connectivity index (χ4n) is 2.19. The lowest BCUT2D eigenvalue weighted by Gasteiger charge is -2.18. The van der Waals surface area contributed by atoms with Crippen LogP contribution in [0.25, 0.3) is 0 Å². The van der Waals surface area contributed by atoms with Crippen molar-refractivity contribution in [3.05, 3.63) is 28.3 Å². The third-order valence-electron chi connectivity index (χ3n) is 3.12. The molecule has 0 aromatic heterocycles. The van der Waals surface area contributed by atoms with Crippen molar-refractivity contribution in [2.45, 2.75) is 45.3 Å². The fourth-order valence-corrected chi connectivity index (χ4v) is 2.30. The largest absolute Gasteiger partial charge is 0.488 e. The van der Waals surface area contributed by atoms with Crippen LogP contribution < -0.4 is 4.74 Å². The summed E-state index contributed by atoms with van der Waals surface area (Å²) >= 11 is 6.09. The molecular formula is C13H17ClO2. The number of halogens is 1. The van der Waals surface area contributed by atoms with Crippen molar-refractivity contribution in [2.24, 2.45) is 0 Å². The molecule has 1 aliphatic rings. The minimum Gasteiger partial charge on any atom is -0.488 e. The quantitative estimate of drug-likeness (QED) is 0.860. The van der Waals surface area contributed by atoms with Crippen LogP contribution in [-0.4, -0.2) is 17.3 Å². The Bertz CT molecular complexity index is 367. The summed E-state index contributed by atoms with van der Waals surface area (Å²) in [7, 11) is 0. The van der Waals surface area contributed by atoms with Crippen molar-refractivity contribution in [1.29, 1.82) is 0 Å². The topological polar surface area (TPSA) is 29.5 Å². The Labute approximate surface area is 101 Å². The van der Waals surface area contributed by atoms with Crippen molar-refractivity contribution in [2.75, 3.05) is 0 Å². The Morgan fingerprint density at radius 3 is 2.38 bits per heavy atom. The van der Waals surface area contributed by atoms with Gasteiger partial charge < -0.3 is 9.84 Å². The lowest BCUT2D eigenvalue weighted by Crippen LogP contribution is -2.25. The van der Waals surface area contributed by atoms with Gasteiger partial charge in [-0.3, -0.25) is 0 Å². The number of benzene rings is 1. The Morgan fingerprint density at radius 2 is 1.88 bits per heavy atom. The van der Waals surface area contributed by atoms with Crippen LogP contribution >= 0.6 is 11.6 Å². The molecule has 16 heavy (non-hydrogen) atoms. The first-order chi connectivity index (χ1) is 7.58. The molecule has 1 aliphatic carbocycles. The summed E-state index contributed by atoms with van der Waals surface area (Å²) in [6.07, 6.45) is 2.44. The molecule has 2 rings (SSSR count). The van der Waals surface area contributed by atoms with Gasteiger partial charge in [-0.15, -0.1) is 0 Å². The molecule has 0 spiro atoms.